The molecule has 2 fully saturated rings. The first-order valence-electron chi connectivity index (χ1n) is 8.97. The standard InChI is InChI=1S/2C12H10F.2ClH.Zr/c2*13-12-7-5-11(6-8-12)9-10-3-1-2-4-10;;;/h2*1-8H,9H2;2*1H;/q;;;;+4/p-2. The van der Waals surface area contributed by atoms with E-state index in [9.17, 15) is 8.78 Å². The summed E-state index contributed by atoms with van der Waals surface area (Å²) in [4.78, 5) is 0. The van der Waals surface area contributed by atoms with Crippen LogP contribution in [0.25, 0.3) is 0 Å². The van der Waals surface area contributed by atoms with Crippen LogP contribution >= 0.6 is 17.0 Å². The molecule has 29 heavy (non-hydrogen) atoms. The monoisotopic (exact) mass is 506 g/mol. The Morgan fingerprint density at radius 3 is 1.10 bits per heavy atom. The maximum absolute atomic E-state index is 12.6. The van der Waals surface area contributed by atoms with Crippen LogP contribution in [0.5, 0.6) is 0 Å². The van der Waals surface area contributed by atoms with Crippen LogP contribution in [0.4, 0.5) is 8.78 Å². The number of rotatable bonds is 4. The second kappa shape index (κ2) is 14.7. The van der Waals surface area contributed by atoms with Gasteiger partial charge >= 0.3 is 37.9 Å². The molecule has 0 aromatic heterocycles. The van der Waals surface area contributed by atoms with Gasteiger partial charge in [-0.15, -0.1) is 0 Å². The van der Waals surface area contributed by atoms with Crippen molar-refractivity contribution in [2.24, 2.45) is 0 Å². The minimum absolute atomic E-state index is 0.175. The Kier molecular flexibility index (Phi) is 12.7. The first-order chi connectivity index (χ1) is 14.1. The van der Waals surface area contributed by atoms with Crippen LogP contribution in [0.1, 0.15) is 11.1 Å². The molecular formula is C24H20Cl2F2Zr+2. The third kappa shape index (κ3) is 10.6. The van der Waals surface area contributed by atoms with Crippen LogP contribution in [0, 0.1) is 74.8 Å². The van der Waals surface area contributed by atoms with Gasteiger partial charge in [0.15, 0.2) is 0 Å². The zero-order valence-electron chi connectivity index (χ0n) is 15.7. The van der Waals surface area contributed by atoms with Crippen molar-refractivity contribution < 1.29 is 29.6 Å². The summed E-state index contributed by atoms with van der Waals surface area (Å²) < 4.78 is 25.1. The summed E-state index contributed by atoms with van der Waals surface area (Å²) in [5, 5.41) is 0. The molecule has 2 aliphatic carbocycles. The summed E-state index contributed by atoms with van der Waals surface area (Å²) >= 11 is -0.826. The molecule has 0 heterocycles. The van der Waals surface area contributed by atoms with E-state index in [4.69, 9.17) is 17.0 Å². The van der Waals surface area contributed by atoms with E-state index in [1.807, 2.05) is 49.9 Å². The predicted octanol–water partition coefficient (Wildman–Crippen LogP) is 6.92. The molecule has 2 saturated carbocycles. The van der Waals surface area contributed by atoms with E-state index >= 15 is 0 Å². The van der Waals surface area contributed by atoms with Gasteiger partial charge in [-0.2, -0.15) is 0 Å². The molecule has 2 aliphatic rings. The minimum atomic E-state index is -0.826. The quantitative estimate of drug-likeness (QED) is 0.421. The van der Waals surface area contributed by atoms with E-state index in [-0.39, 0.29) is 11.6 Å². The molecular weight excluding hydrogens is 488 g/mol. The topological polar surface area (TPSA) is 0 Å². The summed E-state index contributed by atoms with van der Waals surface area (Å²) in [5.74, 6) is 2.19. The van der Waals surface area contributed by atoms with Crippen molar-refractivity contribution in [2.75, 3.05) is 0 Å². The van der Waals surface area contributed by atoms with Crippen molar-refractivity contribution in [3.8, 4) is 0 Å². The van der Waals surface area contributed by atoms with Gasteiger partial charge in [0.1, 0.15) is 11.6 Å². The van der Waals surface area contributed by atoms with Gasteiger partial charge in [-0.1, -0.05) is 24.3 Å². The van der Waals surface area contributed by atoms with Crippen molar-refractivity contribution in [1.82, 2.24) is 0 Å². The van der Waals surface area contributed by atoms with Crippen LogP contribution < -0.4 is 0 Å². The van der Waals surface area contributed by atoms with Crippen LogP contribution in [-0.2, 0) is 33.7 Å². The molecule has 0 saturated heterocycles. The molecule has 5 heteroatoms. The third-order valence-corrected chi connectivity index (χ3v) is 4.11. The van der Waals surface area contributed by atoms with E-state index < -0.39 is 20.8 Å². The predicted molar refractivity (Wildman–Crippen MR) is 113 cm³/mol. The summed E-state index contributed by atoms with van der Waals surface area (Å²) in [6, 6.07) is 13.3. The molecule has 146 valence electrons. The van der Waals surface area contributed by atoms with Crippen LogP contribution in [-0.4, -0.2) is 0 Å². The second-order valence-corrected chi connectivity index (χ2v) is 10.00. The average Bonchev–Trinajstić information content (AvgIpc) is 3.41. The Bertz CT molecular complexity index is 605. The SMILES string of the molecule is Fc1ccc(C[C]2[CH][CH][CH][CH]2)cc1.Fc1ccc(C[C]2[CH][CH][CH][CH]2)cc1.[Cl][Zr+2][Cl]. The van der Waals surface area contributed by atoms with Gasteiger partial charge in [-0.05, 0) is 111 Å². The molecule has 4 rings (SSSR count). The van der Waals surface area contributed by atoms with Crippen LogP contribution in [0.15, 0.2) is 48.5 Å². The molecule has 0 N–H and O–H groups in total. The van der Waals surface area contributed by atoms with E-state index in [0.29, 0.717) is 0 Å². The number of halogens is 4. The molecule has 2 aromatic carbocycles. The van der Waals surface area contributed by atoms with Crippen molar-refractivity contribution >= 4 is 17.0 Å². The first-order valence-corrected chi connectivity index (χ1v) is 15.3. The van der Waals surface area contributed by atoms with Gasteiger partial charge in [0.2, 0.25) is 0 Å². The average molecular weight is 509 g/mol. The Balaban J connectivity index is 0.000000183. The van der Waals surface area contributed by atoms with Gasteiger partial charge in [0.25, 0.3) is 0 Å². The van der Waals surface area contributed by atoms with Crippen molar-refractivity contribution in [3.05, 3.63) is 134 Å². The van der Waals surface area contributed by atoms with Crippen molar-refractivity contribution in [3.63, 3.8) is 0 Å². The van der Waals surface area contributed by atoms with Gasteiger partial charge in [0, 0.05) is 0 Å². The van der Waals surface area contributed by atoms with Gasteiger partial charge in [-0.25, -0.2) is 8.78 Å². The zero-order chi connectivity index (χ0) is 20.9. The molecule has 0 spiro atoms. The molecule has 0 amide bonds. The summed E-state index contributed by atoms with van der Waals surface area (Å²) in [5.41, 5.74) is 2.29. The fraction of sp³-hybridized carbons (Fsp3) is 0.0833. The Morgan fingerprint density at radius 1 is 0.552 bits per heavy atom. The third-order valence-electron chi connectivity index (χ3n) is 4.11. The summed E-state index contributed by atoms with van der Waals surface area (Å²) in [6.45, 7) is 0. The fourth-order valence-electron chi connectivity index (χ4n) is 2.74. The van der Waals surface area contributed by atoms with E-state index in [1.54, 1.807) is 0 Å². The molecule has 0 nitrogen and oxygen atoms in total. The normalized spacial score (nSPS) is 16.4. The molecule has 0 aliphatic heterocycles. The summed E-state index contributed by atoms with van der Waals surface area (Å²) in [7, 11) is 9.87. The number of hydrogen-bond acceptors (Lipinski definition) is 0. The van der Waals surface area contributed by atoms with Crippen molar-refractivity contribution in [1.29, 1.82) is 0 Å². The first kappa shape index (κ1) is 25.0. The fourth-order valence-corrected chi connectivity index (χ4v) is 2.74. The van der Waals surface area contributed by atoms with Crippen LogP contribution in [0.3, 0.4) is 0 Å². The van der Waals surface area contributed by atoms with Gasteiger partial charge in [-0.3, -0.25) is 0 Å². The Morgan fingerprint density at radius 2 is 0.828 bits per heavy atom. The van der Waals surface area contributed by atoms with Gasteiger partial charge in [0.05, 0.1) is 0 Å². The summed E-state index contributed by atoms with van der Waals surface area (Å²) in [6.07, 6.45) is 18.1. The second-order valence-electron chi connectivity index (χ2n) is 6.26. The maximum atomic E-state index is 12.6. The van der Waals surface area contributed by atoms with E-state index in [0.717, 1.165) is 24.0 Å². The Labute approximate surface area is 193 Å². The van der Waals surface area contributed by atoms with Gasteiger partial charge < -0.3 is 0 Å². The zero-order valence-corrected chi connectivity index (χ0v) is 19.6. The Hall–Kier alpha value is -0.237. The molecule has 10 radical (unpaired) electrons. The molecule has 0 atom stereocenters. The molecule has 2 aromatic rings. The van der Waals surface area contributed by atoms with Crippen LogP contribution in [0.2, 0.25) is 0 Å². The molecule has 0 bridgehead atoms. The van der Waals surface area contributed by atoms with Crippen molar-refractivity contribution in [2.45, 2.75) is 12.8 Å². The number of hydrogen-bond donors (Lipinski definition) is 0. The van der Waals surface area contributed by atoms with E-state index in [1.165, 1.54) is 36.1 Å². The molecule has 0 unspecified atom stereocenters. The number of benzene rings is 2. The van der Waals surface area contributed by atoms with E-state index in [2.05, 4.69) is 25.7 Å².